The number of hydrogen-bond acceptors (Lipinski definition) is 4. The topological polar surface area (TPSA) is 57.6 Å². The largest absolute Gasteiger partial charge is 0.396 e. The number of aliphatic hydroxyl groups is 1. The summed E-state index contributed by atoms with van der Waals surface area (Å²) in [5.41, 5.74) is 5.08. The number of anilines is 1. The standard InChI is InChI=1S/C22H23NO3S/c1-4-16-6-9-18(10-7-16)23-21(25)19(20(22(23)26)27-12-11-24)17-8-5-14(2)15(3)13-17/h5-10,13,24H,4,11-12H2,1-3H3. The zero-order chi connectivity index (χ0) is 19.6. The Labute approximate surface area is 163 Å². The lowest BCUT2D eigenvalue weighted by molar-refractivity contribution is -0.119. The van der Waals surface area contributed by atoms with Crippen LogP contribution in [0.4, 0.5) is 5.69 Å². The summed E-state index contributed by atoms with van der Waals surface area (Å²) >= 11 is 1.23. The molecule has 0 aliphatic carbocycles. The molecule has 1 aliphatic heterocycles. The number of benzene rings is 2. The maximum absolute atomic E-state index is 13.2. The normalized spacial score (nSPS) is 14.4. The third kappa shape index (κ3) is 3.70. The Balaban J connectivity index is 2.06. The van der Waals surface area contributed by atoms with Crippen molar-refractivity contribution < 1.29 is 14.7 Å². The van der Waals surface area contributed by atoms with Crippen molar-refractivity contribution in [1.82, 2.24) is 0 Å². The summed E-state index contributed by atoms with van der Waals surface area (Å²) in [7, 11) is 0. The number of hydrogen-bond donors (Lipinski definition) is 1. The van der Waals surface area contributed by atoms with Crippen LogP contribution in [0.25, 0.3) is 5.57 Å². The molecule has 5 heteroatoms. The SMILES string of the molecule is CCc1ccc(N2C(=O)C(SCCO)=C(c3ccc(C)c(C)c3)C2=O)cc1. The first-order valence-electron chi connectivity index (χ1n) is 9.01. The molecule has 2 aromatic rings. The first kappa shape index (κ1) is 19.4. The van der Waals surface area contributed by atoms with E-state index in [1.54, 1.807) is 0 Å². The van der Waals surface area contributed by atoms with Gasteiger partial charge >= 0.3 is 0 Å². The van der Waals surface area contributed by atoms with Crippen LogP contribution in [0.3, 0.4) is 0 Å². The molecular formula is C22H23NO3S. The Morgan fingerprint density at radius 2 is 1.67 bits per heavy atom. The molecule has 0 unspecified atom stereocenters. The molecule has 0 aromatic heterocycles. The molecule has 3 rings (SSSR count). The van der Waals surface area contributed by atoms with Gasteiger partial charge in [-0.25, -0.2) is 4.90 Å². The third-order valence-electron chi connectivity index (χ3n) is 4.78. The van der Waals surface area contributed by atoms with E-state index in [1.807, 2.05) is 56.3 Å². The first-order chi connectivity index (χ1) is 13.0. The Bertz CT molecular complexity index is 916. The highest BCUT2D eigenvalue weighted by atomic mass is 32.2. The van der Waals surface area contributed by atoms with Gasteiger partial charge in [0.25, 0.3) is 11.8 Å². The molecule has 1 heterocycles. The maximum atomic E-state index is 13.2. The minimum atomic E-state index is -0.323. The quantitative estimate of drug-likeness (QED) is 0.772. The summed E-state index contributed by atoms with van der Waals surface area (Å²) in [5.74, 6) is -0.269. The fraction of sp³-hybridized carbons (Fsp3) is 0.273. The summed E-state index contributed by atoms with van der Waals surface area (Å²) < 4.78 is 0. The first-order valence-corrected chi connectivity index (χ1v) is 9.99. The van der Waals surface area contributed by atoms with Crippen molar-refractivity contribution in [3.05, 3.63) is 69.6 Å². The van der Waals surface area contributed by atoms with Gasteiger partial charge in [0.15, 0.2) is 0 Å². The van der Waals surface area contributed by atoms with Crippen LogP contribution in [0.2, 0.25) is 0 Å². The molecule has 2 aromatic carbocycles. The molecule has 27 heavy (non-hydrogen) atoms. The number of amides is 2. The van der Waals surface area contributed by atoms with E-state index in [1.165, 1.54) is 16.7 Å². The molecular weight excluding hydrogens is 358 g/mol. The van der Waals surface area contributed by atoms with Crippen LogP contribution in [-0.4, -0.2) is 29.3 Å². The zero-order valence-corrected chi connectivity index (χ0v) is 16.6. The molecule has 4 nitrogen and oxygen atoms in total. The zero-order valence-electron chi connectivity index (χ0n) is 15.8. The molecule has 0 radical (unpaired) electrons. The van der Waals surface area contributed by atoms with Crippen molar-refractivity contribution in [2.75, 3.05) is 17.3 Å². The van der Waals surface area contributed by atoms with Crippen molar-refractivity contribution in [1.29, 1.82) is 0 Å². The number of aryl methyl sites for hydroxylation is 3. The van der Waals surface area contributed by atoms with Gasteiger partial charge < -0.3 is 5.11 Å². The lowest BCUT2D eigenvalue weighted by Crippen LogP contribution is -2.31. The van der Waals surface area contributed by atoms with Gasteiger partial charge in [-0.15, -0.1) is 11.8 Å². The third-order valence-corrected chi connectivity index (χ3v) is 5.83. The van der Waals surface area contributed by atoms with Crippen LogP contribution in [0, 0.1) is 13.8 Å². The molecule has 0 atom stereocenters. The number of rotatable bonds is 6. The molecule has 140 valence electrons. The summed E-state index contributed by atoms with van der Waals surface area (Å²) in [5, 5.41) is 9.20. The van der Waals surface area contributed by atoms with Crippen LogP contribution in [0.15, 0.2) is 47.4 Å². The van der Waals surface area contributed by atoms with Gasteiger partial charge in [-0.3, -0.25) is 9.59 Å². The molecule has 0 saturated heterocycles. The van der Waals surface area contributed by atoms with Gasteiger partial charge in [-0.1, -0.05) is 37.3 Å². The van der Waals surface area contributed by atoms with Crippen molar-refractivity contribution in [3.63, 3.8) is 0 Å². The van der Waals surface area contributed by atoms with Crippen molar-refractivity contribution in [2.45, 2.75) is 27.2 Å². The van der Waals surface area contributed by atoms with Gasteiger partial charge in [0.1, 0.15) is 0 Å². The Morgan fingerprint density at radius 3 is 2.26 bits per heavy atom. The van der Waals surface area contributed by atoms with E-state index in [0.717, 1.165) is 28.7 Å². The lowest BCUT2D eigenvalue weighted by atomic mass is 10.0. The smallest absolute Gasteiger partial charge is 0.272 e. The Hall–Kier alpha value is -2.37. The highest BCUT2D eigenvalue weighted by Gasteiger charge is 2.40. The van der Waals surface area contributed by atoms with E-state index in [9.17, 15) is 14.7 Å². The highest BCUT2D eigenvalue weighted by Crippen LogP contribution is 2.38. The minimum absolute atomic E-state index is 0.0545. The average Bonchev–Trinajstić information content (AvgIpc) is 2.92. The fourth-order valence-electron chi connectivity index (χ4n) is 3.06. The van der Waals surface area contributed by atoms with Gasteiger partial charge in [0.2, 0.25) is 0 Å². The summed E-state index contributed by atoms with van der Waals surface area (Å²) in [6.45, 7) is 6.01. The van der Waals surface area contributed by atoms with Crippen LogP contribution >= 0.6 is 11.8 Å². The minimum Gasteiger partial charge on any atom is -0.396 e. The van der Waals surface area contributed by atoms with Crippen LogP contribution in [-0.2, 0) is 16.0 Å². The lowest BCUT2D eigenvalue weighted by Gasteiger charge is -2.15. The molecule has 0 saturated carbocycles. The molecule has 0 bridgehead atoms. The fourth-order valence-corrected chi connectivity index (χ4v) is 3.92. The van der Waals surface area contributed by atoms with Crippen LogP contribution < -0.4 is 4.90 Å². The van der Waals surface area contributed by atoms with Gasteiger partial charge in [0.05, 0.1) is 22.8 Å². The van der Waals surface area contributed by atoms with Crippen LogP contribution in [0.5, 0.6) is 0 Å². The van der Waals surface area contributed by atoms with E-state index in [2.05, 4.69) is 6.92 Å². The molecule has 2 amide bonds. The number of imide groups is 1. The van der Waals surface area contributed by atoms with Crippen molar-refractivity contribution >= 4 is 34.8 Å². The van der Waals surface area contributed by atoms with Crippen molar-refractivity contribution in [2.24, 2.45) is 0 Å². The average molecular weight is 381 g/mol. The highest BCUT2D eigenvalue weighted by molar-refractivity contribution is 8.04. The Morgan fingerprint density at radius 1 is 0.963 bits per heavy atom. The molecule has 0 fully saturated rings. The summed E-state index contributed by atoms with van der Waals surface area (Å²) in [4.78, 5) is 27.9. The number of carbonyl (C=O) groups excluding carboxylic acids is 2. The number of aliphatic hydroxyl groups excluding tert-OH is 1. The van der Waals surface area contributed by atoms with Gasteiger partial charge in [-0.05, 0) is 54.7 Å². The van der Waals surface area contributed by atoms with Gasteiger partial charge in [0, 0.05) is 5.75 Å². The predicted molar refractivity (Wildman–Crippen MR) is 111 cm³/mol. The number of thioether (sulfide) groups is 1. The number of nitrogens with zero attached hydrogens (tertiary/aromatic N) is 1. The van der Waals surface area contributed by atoms with E-state index in [0.29, 0.717) is 21.9 Å². The van der Waals surface area contributed by atoms with Crippen molar-refractivity contribution in [3.8, 4) is 0 Å². The monoisotopic (exact) mass is 381 g/mol. The second kappa shape index (κ2) is 8.11. The predicted octanol–water partition coefficient (Wildman–Crippen LogP) is 3.88. The van der Waals surface area contributed by atoms with E-state index < -0.39 is 0 Å². The molecule has 1 aliphatic rings. The molecule has 1 N–H and O–H groups in total. The van der Waals surface area contributed by atoms with Crippen LogP contribution in [0.1, 0.15) is 29.2 Å². The Kier molecular flexibility index (Phi) is 5.82. The maximum Gasteiger partial charge on any atom is 0.272 e. The second-order valence-electron chi connectivity index (χ2n) is 6.54. The molecule has 0 spiro atoms. The second-order valence-corrected chi connectivity index (χ2v) is 7.65. The summed E-state index contributed by atoms with van der Waals surface area (Å²) in [6, 6.07) is 13.3. The van der Waals surface area contributed by atoms with E-state index in [-0.39, 0.29) is 18.4 Å². The number of carbonyl (C=O) groups is 2. The summed E-state index contributed by atoms with van der Waals surface area (Å²) in [6.07, 6.45) is 0.895. The van der Waals surface area contributed by atoms with Gasteiger partial charge in [-0.2, -0.15) is 0 Å². The van der Waals surface area contributed by atoms with E-state index in [4.69, 9.17) is 0 Å². The van der Waals surface area contributed by atoms with E-state index >= 15 is 0 Å².